The van der Waals surface area contributed by atoms with Gasteiger partial charge in [0.1, 0.15) is 0 Å². The van der Waals surface area contributed by atoms with E-state index in [1.54, 1.807) is 13.3 Å². The maximum Gasteiger partial charge on any atom is 0.261 e. The van der Waals surface area contributed by atoms with E-state index in [2.05, 4.69) is 0 Å². The zero-order valence-electron chi connectivity index (χ0n) is 5.58. The molecule has 0 fully saturated rings. The summed E-state index contributed by atoms with van der Waals surface area (Å²) in [6.07, 6.45) is 0.715. The standard InChI is InChI=1S/C2H7OP.CH4O3S/c1-4(2)3;1-5(2,3)4/h4H,1-2H3;1H3,(H,2,3,4). The van der Waals surface area contributed by atoms with Crippen LogP contribution in [0.5, 0.6) is 0 Å². The molecule has 0 heterocycles. The molecular weight excluding hydrogens is 163 g/mol. The molecule has 0 rings (SSSR count). The Bertz CT molecular complexity index is 158. The molecule has 0 atom stereocenters. The average Bonchev–Trinajstić information content (AvgIpc) is 1.19. The Hall–Kier alpha value is 0.140. The molecule has 0 aliphatic heterocycles. The van der Waals surface area contributed by atoms with Gasteiger partial charge in [-0.25, -0.2) is 0 Å². The molecule has 0 aromatic rings. The summed E-state index contributed by atoms with van der Waals surface area (Å²) in [5.41, 5.74) is 0. The van der Waals surface area contributed by atoms with Gasteiger partial charge in [0.05, 0.1) is 14.1 Å². The van der Waals surface area contributed by atoms with Gasteiger partial charge < -0.3 is 4.57 Å². The van der Waals surface area contributed by atoms with Crippen molar-refractivity contribution in [1.82, 2.24) is 0 Å². The molecule has 0 aliphatic carbocycles. The van der Waals surface area contributed by atoms with Gasteiger partial charge in [-0.15, -0.1) is 0 Å². The molecule has 0 spiro atoms. The van der Waals surface area contributed by atoms with Gasteiger partial charge in [-0.05, 0) is 13.3 Å². The van der Waals surface area contributed by atoms with Crippen molar-refractivity contribution in [3.63, 3.8) is 0 Å². The fourth-order valence-electron chi connectivity index (χ4n) is 0. The van der Waals surface area contributed by atoms with Gasteiger partial charge in [-0.1, -0.05) is 0 Å². The molecule has 4 nitrogen and oxygen atoms in total. The first-order valence-corrected chi connectivity index (χ1v) is 6.38. The normalized spacial score (nSPS) is 10.3. The maximum absolute atomic E-state index is 9.63. The summed E-state index contributed by atoms with van der Waals surface area (Å²) in [5.74, 6) is 0. The summed E-state index contributed by atoms with van der Waals surface area (Å²) in [7, 11) is -4.80. The lowest BCUT2D eigenvalue weighted by atomic mass is 11.9. The Morgan fingerprint density at radius 3 is 1.33 bits per heavy atom. The van der Waals surface area contributed by atoms with Crippen molar-refractivity contribution in [3.05, 3.63) is 0 Å². The highest BCUT2D eigenvalue weighted by Gasteiger charge is 1.81. The Labute approximate surface area is 55.8 Å². The molecule has 58 valence electrons. The Morgan fingerprint density at radius 2 is 1.33 bits per heavy atom. The molecule has 0 unspecified atom stereocenters. The first-order valence-electron chi connectivity index (χ1n) is 2.13. The maximum atomic E-state index is 9.63. The van der Waals surface area contributed by atoms with Gasteiger partial charge in [0.25, 0.3) is 10.1 Å². The van der Waals surface area contributed by atoms with E-state index in [4.69, 9.17) is 4.55 Å². The lowest BCUT2D eigenvalue weighted by Crippen LogP contribution is -1.88. The van der Waals surface area contributed by atoms with Crippen molar-refractivity contribution in [1.29, 1.82) is 0 Å². The third kappa shape index (κ3) is 15700. The highest BCUT2D eigenvalue weighted by atomic mass is 32.2. The van der Waals surface area contributed by atoms with Gasteiger partial charge in [-0.2, -0.15) is 8.42 Å². The Balaban J connectivity index is 0. The van der Waals surface area contributed by atoms with Crippen LogP contribution in [0.25, 0.3) is 0 Å². The molecule has 0 saturated heterocycles. The van der Waals surface area contributed by atoms with Crippen molar-refractivity contribution in [3.8, 4) is 0 Å². The average molecular weight is 174 g/mol. The predicted molar refractivity (Wildman–Crippen MR) is 38.3 cm³/mol. The minimum absolute atomic E-state index is 0.715. The van der Waals surface area contributed by atoms with E-state index in [0.717, 1.165) is 0 Å². The monoisotopic (exact) mass is 174 g/mol. The van der Waals surface area contributed by atoms with Crippen LogP contribution in [0.15, 0.2) is 0 Å². The Morgan fingerprint density at radius 1 is 1.33 bits per heavy atom. The molecule has 9 heavy (non-hydrogen) atoms. The zero-order chi connectivity index (χ0) is 8.08. The van der Waals surface area contributed by atoms with Crippen molar-refractivity contribution < 1.29 is 17.5 Å². The first-order chi connectivity index (χ1) is 3.73. The SMILES string of the molecule is CS(=O)(=O)O.C[PH](C)=O. The summed E-state index contributed by atoms with van der Waals surface area (Å²) in [6, 6.07) is 0. The molecule has 0 radical (unpaired) electrons. The topological polar surface area (TPSA) is 71.4 Å². The molecule has 0 aliphatic rings. The quantitative estimate of drug-likeness (QED) is 0.423. The number of hydrogen-bond acceptors (Lipinski definition) is 3. The fraction of sp³-hybridized carbons (Fsp3) is 1.00. The largest absolute Gasteiger partial charge is 0.327 e. The van der Waals surface area contributed by atoms with E-state index in [0.29, 0.717) is 6.26 Å². The van der Waals surface area contributed by atoms with Crippen LogP contribution in [0, 0.1) is 0 Å². The molecule has 0 aromatic carbocycles. The predicted octanol–water partition coefficient (Wildman–Crippen LogP) is 0.310. The van der Waals surface area contributed by atoms with Crippen LogP contribution < -0.4 is 0 Å². The summed E-state index contributed by atoms with van der Waals surface area (Å²) in [6.45, 7) is 3.43. The molecular formula is C3H11O4PS. The van der Waals surface area contributed by atoms with Crippen LogP contribution in [0.2, 0.25) is 0 Å². The van der Waals surface area contributed by atoms with Crippen LogP contribution in [0.3, 0.4) is 0 Å². The van der Waals surface area contributed by atoms with Crippen LogP contribution in [0.1, 0.15) is 0 Å². The Kier molecular flexibility index (Phi) is 6.56. The van der Waals surface area contributed by atoms with Crippen molar-refractivity contribution >= 4 is 17.9 Å². The van der Waals surface area contributed by atoms with E-state index in [-0.39, 0.29) is 0 Å². The van der Waals surface area contributed by atoms with E-state index >= 15 is 0 Å². The minimum atomic E-state index is -3.67. The lowest BCUT2D eigenvalue weighted by molar-refractivity contribution is 0.490. The highest BCUT2D eigenvalue weighted by molar-refractivity contribution is 7.85. The zero-order valence-corrected chi connectivity index (χ0v) is 7.40. The molecule has 0 bridgehead atoms. The van der Waals surface area contributed by atoms with Crippen LogP contribution in [0.4, 0.5) is 0 Å². The third-order valence-corrected chi connectivity index (χ3v) is 0. The van der Waals surface area contributed by atoms with Crippen molar-refractivity contribution in [2.24, 2.45) is 0 Å². The molecule has 0 amide bonds. The summed E-state index contributed by atoms with van der Waals surface area (Å²) in [4.78, 5) is 0. The molecule has 0 aromatic heterocycles. The fourth-order valence-corrected chi connectivity index (χ4v) is 0. The second kappa shape index (κ2) is 4.97. The van der Waals surface area contributed by atoms with Gasteiger partial charge in [0.15, 0.2) is 0 Å². The van der Waals surface area contributed by atoms with E-state index in [9.17, 15) is 13.0 Å². The van der Waals surface area contributed by atoms with Crippen molar-refractivity contribution in [2.45, 2.75) is 0 Å². The summed E-state index contributed by atoms with van der Waals surface area (Å²) in [5, 5.41) is 0. The van der Waals surface area contributed by atoms with E-state index in [1.165, 1.54) is 0 Å². The van der Waals surface area contributed by atoms with Crippen LogP contribution in [-0.4, -0.2) is 32.6 Å². The third-order valence-electron chi connectivity index (χ3n) is 0. The van der Waals surface area contributed by atoms with Gasteiger partial charge >= 0.3 is 0 Å². The number of rotatable bonds is 0. The summed E-state index contributed by atoms with van der Waals surface area (Å²) >= 11 is 0. The van der Waals surface area contributed by atoms with E-state index < -0.39 is 17.9 Å². The number of hydrogen-bond donors (Lipinski definition) is 1. The van der Waals surface area contributed by atoms with E-state index in [1.807, 2.05) is 0 Å². The molecule has 6 heteroatoms. The highest BCUT2D eigenvalue weighted by Crippen LogP contribution is 2.00. The van der Waals surface area contributed by atoms with Crippen LogP contribution in [-0.2, 0) is 14.7 Å². The molecule has 1 N–H and O–H groups in total. The van der Waals surface area contributed by atoms with Gasteiger partial charge in [-0.3, -0.25) is 4.55 Å². The second-order valence-corrected chi connectivity index (χ2v) is 4.92. The lowest BCUT2D eigenvalue weighted by Gasteiger charge is -1.69. The second-order valence-electron chi connectivity index (χ2n) is 1.64. The molecule has 0 saturated carbocycles. The van der Waals surface area contributed by atoms with Gasteiger partial charge in [0.2, 0.25) is 0 Å². The van der Waals surface area contributed by atoms with Crippen LogP contribution >= 0.6 is 7.80 Å². The van der Waals surface area contributed by atoms with Gasteiger partial charge in [0, 0.05) is 0 Å². The van der Waals surface area contributed by atoms with Crippen molar-refractivity contribution in [2.75, 3.05) is 19.6 Å². The smallest absolute Gasteiger partial charge is 0.261 e. The minimum Gasteiger partial charge on any atom is -0.327 e. The first kappa shape index (κ1) is 11.9. The summed E-state index contributed by atoms with van der Waals surface area (Å²) < 4.78 is 35.5.